The second kappa shape index (κ2) is 6.30. The Bertz CT molecular complexity index is 778. The second-order valence-electron chi connectivity index (χ2n) is 6.09. The van der Waals surface area contributed by atoms with Gasteiger partial charge in [0.1, 0.15) is 5.01 Å². The van der Waals surface area contributed by atoms with Crippen LogP contribution in [0, 0.1) is 13.8 Å². The summed E-state index contributed by atoms with van der Waals surface area (Å²) in [6.45, 7) is 5.23. The average Bonchev–Trinajstić information content (AvgIpc) is 2.86. The van der Waals surface area contributed by atoms with E-state index in [9.17, 15) is 8.42 Å². The van der Waals surface area contributed by atoms with Crippen molar-refractivity contribution in [3.05, 3.63) is 34.6 Å². The van der Waals surface area contributed by atoms with Crippen LogP contribution in [0.15, 0.2) is 18.3 Å². The normalized spacial score (nSPS) is 19.9. The topological polar surface area (TPSA) is 63.2 Å². The molecule has 0 radical (unpaired) electrons. The van der Waals surface area contributed by atoms with Crippen molar-refractivity contribution in [1.29, 1.82) is 0 Å². The maximum absolute atomic E-state index is 11.7. The maximum atomic E-state index is 11.7. The quantitative estimate of drug-likeness (QED) is 0.853. The Morgan fingerprint density at radius 3 is 2.65 bits per heavy atom. The molecule has 0 amide bonds. The van der Waals surface area contributed by atoms with Gasteiger partial charge in [-0.05, 0) is 38.8 Å². The minimum absolute atomic E-state index is 0.173. The number of hydrogen-bond donors (Lipinski definition) is 0. The number of hydrogen-bond acceptors (Lipinski definition) is 5. The van der Waals surface area contributed by atoms with Gasteiger partial charge in [0, 0.05) is 41.3 Å². The third kappa shape index (κ3) is 3.62. The fourth-order valence-electron chi connectivity index (χ4n) is 2.85. The summed E-state index contributed by atoms with van der Waals surface area (Å²) >= 11 is 1.67. The molecule has 0 bridgehead atoms. The third-order valence-corrected chi connectivity index (χ3v) is 6.72. The number of nitrogens with zero attached hydrogens (tertiary/aromatic N) is 3. The SMILES string of the molecule is Cc1nc(-c2ccc(C3CCCN(S(C)(=O)=O)C3)nc2)sc1C. The molecule has 124 valence electrons. The summed E-state index contributed by atoms with van der Waals surface area (Å²) in [4.78, 5) is 10.4. The zero-order chi connectivity index (χ0) is 16.6. The first-order chi connectivity index (χ1) is 10.8. The van der Waals surface area contributed by atoms with Gasteiger partial charge >= 0.3 is 0 Å². The molecule has 7 heteroatoms. The fraction of sp³-hybridized carbons (Fsp3) is 0.500. The van der Waals surface area contributed by atoms with Crippen molar-refractivity contribution in [3.63, 3.8) is 0 Å². The molecule has 1 unspecified atom stereocenters. The average molecular weight is 351 g/mol. The van der Waals surface area contributed by atoms with E-state index in [-0.39, 0.29) is 5.92 Å². The van der Waals surface area contributed by atoms with Crippen LogP contribution < -0.4 is 0 Å². The largest absolute Gasteiger partial charge is 0.260 e. The smallest absolute Gasteiger partial charge is 0.211 e. The molecule has 0 aromatic carbocycles. The van der Waals surface area contributed by atoms with Crippen LogP contribution in [-0.4, -0.2) is 42.0 Å². The van der Waals surface area contributed by atoms with Gasteiger partial charge in [-0.1, -0.05) is 0 Å². The van der Waals surface area contributed by atoms with E-state index in [2.05, 4.69) is 16.9 Å². The number of thiazole rings is 1. The van der Waals surface area contributed by atoms with Crippen molar-refractivity contribution in [2.75, 3.05) is 19.3 Å². The van der Waals surface area contributed by atoms with E-state index in [1.165, 1.54) is 11.1 Å². The van der Waals surface area contributed by atoms with Crippen LogP contribution in [0.25, 0.3) is 10.6 Å². The summed E-state index contributed by atoms with van der Waals surface area (Å²) in [5.74, 6) is 0.173. The summed E-state index contributed by atoms with van der Waals surface area (Å²) in [6, 6.07) is 4.05. The zero-order valence-electron chi connectivity index (χ0n) is 13.6. The van der Waals surface area contributed by atoms with Crippen LogP contribution in [0.4, 0.5) is 0 Å². The summed E-state index contributed by atoms with van der Waals surface area (Å²) in [6.07, 6.45) is 4.99. The molecule has 1 saturated heterocycles. The molecule has 1 fully saturated rings. The molecule has 1 aliphatic heterocycles. The molecule has 3 rings (SSSR count). The molecule has 1 atom stereocenters. The molecule has 3 heterocycles. The molecular weight excluding hydrogens is 330 g/mol. The Morgan fingerprint density at radius 2 is 2.09 bits per heavy atom. The van der Waals surface area contributed by atoms with Crippen molar-refractivity contribution >= 4 is 21.4 Å². The standard InChI is InChI=1S/C16H21N3O2S2/c1-11-12(2)22-16(18-11)13-6-7-15(17-9-13)14-5-4-8-19(10-14)23(3,20)21/h6-7,9,14H,4-5,8,10H2,1-3H3. The van der Waals surface area contributed by atoms with Crippen molar-refractivity contribution in [1.82, 2.24) is 14.3 Å². The van der Waals surface area contributed by atoms with Crippen LogP contribution >= 0.6 is 11.3 Å². The Hall–Kier alpha value is -1.31. The summed E-state index contributed by atoms with van der Waals surface area (Å²) in [5.41, 5.74) is 3.04. The number of aryl methyl sites for hydroxylation is 2. The highest BCUT2D eigenvalue weighted by atomic mass is 32.2. The van der Waals surface area contributed by atoms with Crippen molar-refractivity contribution in [2.45, 2.75) is 32.6 Å². The predicted octanol–water partition coefficient (Wildman–Crippen LogP) is 2.96. The highest BCUT2D eigenvalue weighted by molar-refractivity contribution is 7.88. The zero-order valence-corrected chi connectivity index (χ0v) is 15.2. The molecule has 0 aliphatic carbocycles. The maximum Gasteiger partial charge on any atom is 0.211 e. The molecule has 2 aromatic heterocycles. The van der Waals surface area contributed by atoms with Gasteiger partial charge < -0.3 is 0 Å². The lowest BCUT2D eigenvalue weighted by Crippen LogP contribution is -2.38. The first-order valence-corrected chi connectivity index (χ1v) is 10.4. The molecule has 0 saturated carbocycles. The molecule has 23 heavy (non-hydrogen) atoms. The van der Waals surface area contributed by atoms with Crippen molar-refractivity contribution in [2.24, 2.45) is 0 Å². The van der Waals surface area contributed by atoms with Crippen LogP contribution in [0.5, 0.6) is 0 Å². The van der Waals surface area contributed by atoms with Gasteiger partial charge in [0.05, 0.1) is 11.9 Å². The Morgan fingerprint density at radius 1 is 1.30 bits per heavy atom. The van der Waals surface area contributed by atoms with E-state index < -0.39 is 10.0 Å². The summed E-state index contributed by atoms with van der Waals surface area (Å²) < 4.78 is 25.0. The van der Waals surface area contributed by atoms with Crippen LogP contribution in [0.3, 0.4) is 0 Å². The lowest BCUT2D eigenvalue weighted by atomic mass is 9.95. The first kappa shape index (κ1) is 16.5. The van der Waals surface area contributed by atoms with E-state index in [4.69, 9.17) is 0 Å². The second-order valence-corrected chi connectivity index (χ2v) is 9.28. The number of aromatic nitrogens is 2. The van der Waals surface area contributed by atoms with Crippen LogP contribution in [-0.2, 0) is 10.0 Å². The molecule has 0 spiro atoms. The van der Waals surface area contributed by atoms with E-state index in [1.54, 1.807) is 15.6 Å². The molecular formula is C16H21N3O2S2. The monoisotopic (exact) mass is 351 g/mol. The Kier molecular flexibility index (Phi) is 4.53. The van der Waals surface area contributed by atoms with Gasteiger partial charge in [-0.15, -0.1) is 11.3 Å². The van der Waals surface area contributed by atoms with E-state index in [0.29, 0.717) is 13.1 Å². The van der Waals surface area contributed by atoms with Gasteiger partial charge in [-0.25, -0.2) is 17.7 Å². The predicted molar refractivity (Wildman–Crippen MR) is 93.2 cm³/mol. The van der Waals surface area contributed by atoms with Crippen molar-refractivity contribution in [3.8, 4) is 10.6 Å². The third-order valence-electron chi connectivity index (χ3n) is 4.33. The number of pyridine rings is 1. The van der Waals surface area contributed by atoms with Gasteiger partial charge in [0.25, 0.3) is 0 Å². The van der Waals surface area contributed by atoms with Gasteiger partial charge in [-0.2, -0.15) is 0 Å². The highest BCUT2D eigenvalue weighted by Gasteiger charge is 2.27. The summed E-state index contributed by atoms with van der Waals surface area (Å²) in [5, 5.41) is 0.987. The van der Waals surface area contributed by atoms with E-state index in [1.807, 2.05) is 25.3 Å². The Balaban J connectivity index is 1.79. The van der Waals surface area contributed by atoms with E-state index >= 15 is 0 Å². The first-order valence-electron chi connectivity index (χ1n) is 7.70. The number of rotatable bonds is 3. The van der Waals surface area contributed by atoms with Crippen molar-refractivity contribution < 1.29 is 8.42 Å². The lowest BCUT2D eigenvalue weighted by Gasteiger charge is -2.30. The Labute approximate surface area is 141 Å². The van der Waals surface area contributed by atoms with Gasteiger partial charge in [0.2, 0.25) is 10.0 Å². The number of sulfonamides is 1. The minimum atomic E-state index is -3.12. The molecule has 1 aliphatic rings. The van der Waals surface area contributed by atoms with Gasteiger partial charge in [0.15, 0.2) is 0 Å². The van der Waals surface area contributed by atoms with E-state index in [0.717, 1.165) is 34.8 Å². The lowest BCUT2D eigenvalue weighted by molar-refractivity contribution is 0.314. The molecule has 2 aromatic rings. The molecule has 5 nitrogen and oxygen atoms in total. The van der Waals surface area contributed by atoms with Crippen LogP contribution in [0.1, 0.15) is 35.0 Å². The minimum Gasteiger partial charge on any atom is -0.260 e. The van der Waals surface area contributed by atoms with Crippen LogP contribution in [0.2, 0.25) is 0 Å². The fourth-order valence-corrected chi connectivity index (χ4v) is 4.67. The molecule has 0 N–H and O–H groups in total. The van der Waals surface area contributed by atoms with Gasteiger partial charge in [-0.3, -0.25) is 4.98 Å². The number of piperidine rings is 1. The summed E-state index contributed by atoms with van der Waals surface area (Å²) in [7, 11) is -3.12. The highest BCUT2D eigenvalue weighted by Crippen LogP contribution is 2.30.